The molecule has 0 aliphatic rings. The minimum atomic E-state index is -0.0617. The highest BCUT2D eigenvalue weighted by Crippen LogP contribution is 2.11. The summed E-state index contributed by atoms with van der Waals surface area (Å²) in [4.78, 5) is 11.5. The molecule has 0 aliphatic heterocycles. The predicted octanol–water partition coefficient (Wildman–Crippen LogP) is 1.85. The molecule has 0 saturated carbocycles. The average molecular weight is 237 g/mol. The van der Waals surface area contributed by atoms with E-state index in [-0.39, 0.29) is 5.91 Å². The van der Waals surface area contributed by atoms with Crippen molar-refractivity contribution in [2.45, 2.75) is 13.8 Å². The first kappa shape index (κ1) is 13.5. The Kier molecular flexibility index (Phi) is 6.10. The van der Waals surface area contributed by atoms with E-state index >= 15 is 0 Å². The lowest BCUT2D eigenvalue weighted by Crippen LogP contribution is -2.22. The van der Waals surface area contributed by atoms with Crippen molar-refractivity contribution in [3.05, 3.63) is 29.8 Å². The molecular weight excluding hydrogens is 218 g/mol. The Labute approximate surface area is 102 Å². The van der Waals surface area contributed by atoms with Crippen molar-refractivity contribution < 1.29 is 14.3 Å². The minimum absolute atomic E-state index is 0.0617. The van der Waals surface area contributed by atoms with Crippen LogP contribution in [0.2, 0.25) is 0 Å². The fourth-order valence-electron chi connectivity index (χ4n) is 1.33. The molecule has 0 aliphatic carbocycles. The van der Waals surface area contributed by atoms with Crippen molar-refractivity contribution in [3.63, 3.8) is 0 Å². The van der Waals surface area contributed by atoms with Crippen molar-refractivity contribution in [1.82, 2.24) is 5.32 Å². The molecule has 94 valence electrons. The second-order valence-electron chi connectivity index (χ2n) is 3.43. The molecular formula is C13H19NO3. The number of ether oxygens (including phenoxy) is 2. The number of hydrogen-bond donors (Lipinski definition) is 1. The third-order valence-electron chi connectivity index (χ3n) is 2.15. The number of carbonyl (C=O) groups excluding carboxylic acids is 1. The van der Waals surface area contributed by atoms with Gasteiger partial charge < -0.3 is 14.8 Å². The summed E-state index contributed by atoms with van der Waals surface area (Å²) in [6.45, 7) is 6.26. The minimum Gasteiger partial charge on any atom is -0.491 e. The molecule has 1 aromatic carbocycles. The second-order valence-corrected chi connectivity index (χ2v) is 3.43. The van der Waals surface area contributed by atoms with Gasteiger partial charge in [0.25, 0.3) is 5.91 Å². The van der Waals surface area contributed by atoms with Crippen LogP contribution >= 0.6 is 0 Å². The quantitative estimate of drug-likeness (QED) is 0.736. The maximum absolute atomic E-state index is 11.5. The second kappa shape index (κ2) is 7.68. The molecule has 1 rings (SSSR count). The monoisotopic (exact) mass is 237 g/mol. The van der Waals surface area contributed by atoms with E-state index in [1.807, 2.05) is 13.8 Å². The molecule has 0 spiro atoms. The average Bonchev–Trinajstić information content (AvgIpc) is 2.36. The van der Waals surface area contributed by atoms with Crippen LogP contribution in [0, 0.1) is 0 Å². The van der Waals surface area contributed by atoms with Crippen LogP contribution in [0.4, 0.5) is 0 Å². The summed E-state index contributed by atoms with van der Waals surface area (Å²) in [6, 6.07) is 7.08. The maximum Gasteiger partial charge on any atom is 0.251 e. The van der Waals surface area contributed by atoms with E-state index in [2.05, 4.69) is 5.32 Å². The maximum atomic E-state index is 11.5. The van der Waals surface area contributed by atoms with E-state index < -0.39 is 0 Å². The summed E-state index contributed by atoms with van der Waals surface area (Å²) in [5, 5.41) is 2.74. The molecule has 4 heteroatoms. The highest BCUT2D eigenvalue weighted by Gasteiger charge is 2.03. The normalized spacial score (nSPS) is 10.0. The number of hydrogen-bond acceptors (Lipinski definition) is 3. The molecule has 0 bridgehead atoms. The van der Waals surface area contributed by atoms with Crippen LogP contribution in [0.5, 0.6) is 5.75 Å². The van der Waals surface area contributed by atoms with Gasteiger partial charge in [0.1, 0.15) is 12.4 Å². The Morgan fingerprint density at radius 3 is 2.47 bits per heavy atom. The molecule has 1 aromatic rings. The Morgan fingerprint density at radius 1 is 1.18 bits per heavy atom. The Bertz CT molecular complexity index is 335. The van der Waals surface area contributed by atoms with Crippen LogP contribution in [-0.2, 0) is 4.74 Å². The summed E-state index contributed by atoms with van der Waals surface area (Å²) in [7, 11) is 0. The standard InChI is InChI=1S/C13H19NO3/c1-3-14-13(15)11-5-7-12(8-6-11)17-10-9-16-4-2/h5-8H,3-4,9-10H2,1-2H3,(H,14,15). The summed E-state index contributed by atoms with van der Waals surface area (Å²) >= 11 is 0. The lowest BCUT2D eigenvalue weighted by Gasteiger charge is -2.07. The molecule has 0 saturated heterocycles. The Hall–Kier alpha value is -1.55. The zero-order chi connectivity index (χ0) is 12.5. The first-order valence-corrected chi connectivity index (χ1v) is 5.86. The first-order valence-electron chi connectivity index (χ1n) is 5.86. The lowest BCUT2D eigenvalue weighted by atomic mass is 10.2. The summed E-state index contributed by atoms with van der Waals surface area (Å²) in [5.74, 6) is 0.686. The van der Waals surface area contributed by atoms with E-state index in [1.54, 1.807) is 24.3 Å². The van der Waals surface area contributed by atoms with Crippen LogP contribution in [0.25, 0.3) is 0 Å². The van der Waals surface area contributed by atoms with E-state index in [0.29, 0.717) is 31.9 Å². The van der Waals surface area contributed by atoms with Gasteiger partial charge in [0.2, 0.25) is 0 Å². The smallest absolute Gasteiger partial charge is 0.251 e. The molecule has 0 heterocycles. The highest BCUT2D eigenvalue weighted by molar-refractivity contribution is 5.94. The number of rotatable bonds is 7. The summed E-state index contributed by atoms with van der Waals surface area (Å²) in [5.41, 5.74) is 0.643. The van der Waals surface area contributed by atoms with Gasteiger partial charge in [-0.1, -0.05) is 0 Å². The van der Waals surface area contributed by atoms with Gasteiger partial charge in [0.05, 0.1) is 6.61 Å². The van der Waals surface area contributed by atoms with Gasteiger partial charge in [-0.2, -0.15) is 0 Å². The summed E-state index contributed by atoms with van der Waals surface area (Å²) < 4.78 is 10.6. The molecule has 0 unspecified atom stereocenters. The fraction of sp³-hybridized carbons (Fsp3) is 0.462. The van der Waals surface area contributed by atoms with Crippen LogP contribution in [0.3, 0.4) is 0 Å². The van der Waals surface area contributed by atoms with Crippen molar-refractivity contribution >= 4 is 5.91 Å². The third kappa shape index (κ3) is 4.87. The van der Waals surface area contributed by atoms with E-state index in [4.69, 9.17) is 9.47 Å². The molecule has 4 nitrogen and oxygen atoms in total. The van der Waals surface area contributed by atoms with E-state index in [1.165, 1.54) is 0 Å². The lowest BCUT2D eigenvalue weighted by molar-refractivity contribution is 0.0955. The fourth-order valence-corrected chi connectivity index (χ4v) is 1.33. The van der Waals surface area contributed by atoms with E-state index in [9.17, 15) is 4.79 Å². The van der Waals surface area contributed by atoms with Gasteiger partial charge >= 0.3 is 0 Å². The molecule has 1 N–H and O–H groups in total. The molecule has 0 atom stereocenters. The topological polar surface area (TPSA) is 47.6 Å². The molecule has 0 aromatic heterocycles. The van der Waals surface area contributed by atoms with Crippen molar-refractivity contribution in [2.75, 3.05) is 26.4 Å². The van der Waals surface area contributed by atoms with Gasteiger partial charge in [-0.25, -0.2) is 0 Å². The zero-order valence-electron chi connectivity index (χ0n) is 10.4. The molecule has 0 fully saturated rings. The van der Waals surface area contributed by atoms with Gasteiger partial charge in [0.15, 0.2) is 0 Å². The number of carbonyl (C=O) groups is 1. The van der Waals surface area contributed by atoms with Crippen molar-refractivity contribution in [1.29, 1.82) is 0 Å². The van der Waals surface area contributed by atoms with Crippen molar-refractivity contribution in [2.24, 2.45) is 0 Å². The molecule has 0 radical (unpaired) electrons. The predicted molar refractivity (Wildman–Crippen MR) is 66.4 cm³/mol. The van der Waals surface area contributed by atoms with Crippen molar-refractivity contribution in [3.8, 4) is 5.75 Å². The van der Waals surface area contributed by atoms with Gasteiger partial charge in [-0.05, 0) is 38.1 Å². The largest absolute Gasteiger partial charge is 0.491 e. The van der Waals surface area contributed by atoms with Crippen LogP contribution in [0.1, 0.15) is 24.2 Å². The Balaban J connectivity index is 2.42. The highest BCUT2D eigenvalue weighted by atomic mass is 16.5. The van der Waals surface area contributed by atoms with Gasteiger partial charge in [0, 0.05) is 18.7 Å². The summed E-state index contributed by atoms with van der Waals surface area (Å²) in [6.07, 6.45) is 0. The number of amides is 1. The van der Waals surface area contributed by atoms with E-state index in [0.717, 1.165) is 5.75 Å². The van der Waals surface area contributed by atoms with Crippen LogP contribution in [-0.4, -0.2) is 32.3 Å². The number of nitrogens with one attached hydrogen (secondary N) is 1. The third-order valence-corrected chi connectivity index (χ3v) is 2.15. The van der Waals surface area contributed by atoms with Gasteiger partial charge in [-0.3, -0.25) is 4.79 Å². The van der Waals surface area contributed by atoms with Crippen LogP contribution in [0.15, 0.2) is 24.3 Å². The zero-order valence-corrected chi connectivity index (χ0v) is 10.4. The van der Waals surface area contributed by atoms with Gasteiger partial charge in [-0.15, -0.1) is 0 Å². The number of benzene rings is 1. The molecule has 17 heavy (non-hydrogen) atoms. The SMILES string of the molecule is CCNC(=O)c1ccc(OCCOCC)cc1. The Morgan fingerprint density at radius 2 is 1.88 bits per heavy atom. The first-order chi connectivity index (χ1) is 8.27. The van der Waals surface area contributed by atoms with Crippen LogP contribution < -0.4 is 10.1 Å². The molecule has 1 amide bonds.